The molecule has 5 heteroatoms. The maximum atomic E-state index is 11.6. The number of ether oxygens (including phenoxy) is 1. The standard InChI is InChI=1S/C9H17NO4/c1-9(2,3)7(12)6(5-11)10-8(13)14-4/h6,11H,5H2,1-4H3,(H,10,13). The molecular formula is C9H17NO4. The molecule has 0 radical (unpaired) electrons. The van der Waals surface area contributed by atoms with Gasteiger partial charge in [-0.15, -0.1) is 0 Å². The van der Waals surface area contributed by atoms with Crippen molar-refractivity contribution in [2.75, 3.05) is 13.7 Å². The summed E-state index contributed by atoms with van der Waals surface area (Å²) in [6, 6.07) is -0.901. The lowest BCUT2D eigenvalue weighted by atomic mass is 9.87. The smallest absolute Gasteiger partial charge is 0.407 e. The number of methoxy groups -OCH3 is 1. The van der Waals surface area contributed by atoms with E-state index in [9.17, 15) is 9.59 Å². The molecule has 82 valence electrons. The number of aliphatic hydroxyl groups excluding tert-OH is 1. The number of hydrogen-bond acceptors (Lipinski definition) is 4. The first-order valence-corrected chi connectivity index (χ1v) is 4.32. The summed E-state index contributed by atoms with van der Waals surface area (Å²) in [6.07, 6.45) is -0.721. The molecule has 0 aliphatic carbocycles. The molecule has 0 aromatic carbocycles. The molecule has 1 unspecified atom stereocenters. The highest BCUT2D eigenvalue weighted by molar-refractivity contribution is 5.91. The Kier molecular flexibility index (Phi) is 4.56. The highest BCUT2D eigenvalue weighted by atomic mass is 16.5. The van der Waals surface area contributed by atoms with Crippen molar-refractivity contribution in [3.8, 4) is 0 Å². The number of amides is 1. The van der Waals surface area contributed by atoms with Crippen LogP contribution in [0.5, 0.6) is 0 Å². The van der Waals surface area contributed by atoms with Gasteiger partial charge in [-0.3, -0.25) is 4.79 Å². The van der Waals surface area contributed by atoms with E-state index < -0.39 is 24.2 Å². The van der Waals surface area contributed by atoms with Crippen LogP contribution >= 0.6 is 0 Å². The first-order valence-electron chi connectivity index (χ1n) is 4.32. The van der Waals surface area contributed by atoms with Crippen LogP contribution in [0.3, 0.4) is 0 Å². The molecule has 1 atom stereocenters. The van der Waals surface area contributed by atoms with Gasteiger partial charge < -0.3 is 15.2 Å². The van der Waals surface area contributed by atoms with E-state index >= 15 is 0 Å². The van der Waals surface area contributed by atoms with E-state index in [1.165, 1.54) is 7.11 Å². The summed E-state index contributed by atoms with van der Waals surface area (Å²) in [5, 5.41) is 11.2. The molecule has 0 aliphatic rings. The molecule has 0 bridgehead atoms. The minimum Gasteiger partial charge on any atom is -0.453 e. The van der Waals surface area contributed by atoms with E-state index in [1.54, 1.807) is 20.8 Å². The van der Waals surface area contributed by atoms with Crippen LogP contribution < -0.4 is 5.32 Å². The van der Waals surface area contributed by atoms with Gasteiger partial charge in [0, 0.05) is 5.41 Å². The molecule has 5 nitrogen and oxygen atoms in total. The van der Waals surface area contributed by atoms with Gasteiger partial charge in [-0.25, -0.2) is 4.79 Å². The lowest BCUT2D eigenvalue weighted by Gasteiger charge is -2.23. The van der Waals surface area contributed by atoms with Crippen LogP contribution in [-0.2, 0) is 9.53 Å². The molecule has 0 rings (SSSR count). The second-order valence-corrected chi connectivity index (χ2v) is 3.99. The van der Waals surface area contributed by atoms with Crippen LogP contribution in [0.15, 0.2) is 0 Å². The third kappa shape index (κ3) is 3.74. The van der Waals surface area contributed by atoms with Crippen LogP contribution in [0.1, 0.15) is 20.8 Å². The number of nitrogens with one attached hydrogen (secondary N) is 1. The maximum absolute atomic E-state index is 11.6. The van der Waals surface area contributed by atoms with Crippen molar-refractivity contribution in [2.45, 2.75) is 26.8 Å². The third-order valence-electron chi connectivity index (χ3n) is 1.72. The zero-order chi connectivity index (χ0) is 11.4. The van der Waals surface area contributed by atoms with Crippen molar-refractivity contribution in [3.05, 3.63) is 0 Å². The molecule has 2 N–H and O–H groups in total. The Hall–Kier alpha value is -1.10. The van der Waals surface area contributed by atoms with Gasteiger partial charge in [0.2, 0.25) is 0 Å². The minimum absolute atomic E-state index is 0.231. The molecule has 0 aliphatic heterocycles. The molecular weight excluding hydrogens is 186 g/mol. The number of Topliss-reactive ketones (excluding diaryl/α,β-unsaturated/α-hetero) is 1. The van der Waals surface area contributed by atoms with Gasteiger partial charge in [0.15, 0.2) is 5.78 Å². The van der Waals surface area contributed by atoms with Gasteiger partial charge in [-0.05, 0) is 0 Å². The number of carbonyl (C=O) groups is 2. The van der Waals surface area contributed by atoms with Gasteiger partial charge in [-0.2, -0.15) is 0 Å². The Morgan fingerprint density at radius 3 is 2.21 bits per heavy atom. The number of aliphatic hydroxyl groups is 1. The van der Waals surface area contributed by atoms with E-state index in [1.807, 2.05) is 0 Å². The fourth-order valence-electron chi connectivity index (χ4n) is 0.918. The number of hydrogen-bond donors (Lipinski definition) is 2. The molecule has 1 amide bonds. The Morgan fingerprint density at radius 1 is 1.43 bits per heavy atom. The number of carbonyl (C=O) groups excluding carboxylic acids is 2. The second kappa shape index (κ2) is 4.95. The predicted octanol–water partition coefficient (Wildman–Crippen LogP) is 0.318. The molecule has 0 aromatic heterocycles. The van der Waals surface area contributed by atoms with E-state index in [0.717, 1.165) is 0 Å². The first kappa shape index (κ1) is 12.9. The van der Waals surface area contributed by atoms with Gasteiger partial charge in [0.1, 0.15) is 6.04 Å². The monoisotopic (exact) mass is 203 g/mol. The number of ketones is 1. The molecule has 0 heterocycles. The summed E-state index contributed by atoms with van der Waals surface area (Å²) in [4.78, 5) is 22.4. The van der Waals surface area contributed by atoms with Crippen LogP contribution in [-0.4, -0.2) is 36.7 Å². The van der Waals surface area contributed by atoms with Gasteiger partial charge in [0.25, 0.3) is 0 Å². The molecule has 0 fully saturated rings. The Balaban J connectivity index is 4.42. The lowest BCUT2D eigenvalue weighted by Crippen LogP contribution is -2.47. The van der Waals surface area contributed by atoms with Crippen molar-refractivity contribution in [1.29, 1.82) is 0 Å². The first-order chi connectivity index (χ1) is 6.32. The maximum Gasteiger partial charge on any atom is 0.407 e. The van der Waals surface area contributed by atoms with Gasteiger partial charge in [0.05, 0.1) is 13.7 Å². The van der Waals surface area contributed by atoms with E-state index in [0.29, 0.717) is 0 Å². The zero-order valence-corrected chi connectivity index (χ0v) is 8.96. The van der Waals surface area contributed by atoms with Crippen LogP contribution in [0.4, 0.5) is 4.79 Å². The van der Waals surface area contributed by atoms with Crippen LogP contribution in [0, 0.1) is 5.41 Å². The number of alkyl carbamates (subject to hydrolysis) is 1. The minimum atomic E-state index is -0.901. The van der Waals surface area contributed by atoms with Crippen molar-refractivity contribution in [1.82, 2.24) is 5.32 Å². The van der Waals surface area contributed by atoms with Crippen molar-refractivity contribution < 1.29 is 19.4 Å². The molecule has 0 aromatic rings. The predicted molar refractivity (Wildman–Crippen MR) is 50.9 cm³/mol. The molecule has 14 heavy (non-hydrogen) atoms. The van der Waals surface area contributed by atoms with Crippen LogP contribution in [0.2, 0.25) is 0 Å². The highest BCUT2D eigenvalue weighted by Crippen LogP contribution is 2.16. The van der Waals surface area contributed by atoms with Crippen molar-refractivity contribution >= 4 is 11.9 Å². The fraction of sp³-hybridized carbons (Fsp3) is 0.778. The Morgan fingerprint density at radius 2 is 1.93 bits per heavy atom. The summed E-state index contributed by atoms with van der Waals surface area (Å²) in [5.74, 6) is -0.231. The summed E-state index contributed by atoms with van der Waals surface area (Å²) in [6.45, 7) is 4.73. The Labute approximate surface area is 83.4 Å². The fourth-order valence-corrected chi connectivity index (χ4v) is 0.918. The molecule has 0 saturated heterocycles. The van der Waals surface area contributed by atoms with Crippen molar-refractivity contribution in [3.63, 3.8) is 0 Å². The molecule has 0 saturated carbocycles. The summed E-state index contributed by atoms with van der Waals surface area (Å²) < 4.78 is 4.33. The average Bonchev–Trinajstić information content (AvgIpc) is 2.11. The quantitative estimate of drug-likeness (QED) is 0.692. The van der Waals surface area contributed by atoms with Gasteiger partial charge in [-0.1, -0.05) is 20.8 Å². The topological polar surface area (TPSA) is 75.6 Å². The van der Waals surface area contributed by atoms with E-state index in [2.05, 4.69) is 10.1 Å². The lowest BCUT2D eigenvalue weighted by molar-refractivity contribution is -0.129. The average molecular weight is 203 g/mol. The van der Waals surface area contributed by atoms with E-state index in [-0.39, 0.29) is 5.78 Å². The molecule has 0 spiro atoms. The summed E-state index contributed by atoms with van der Waals surface area (Å²) in [7, 11) is 1.20. The SMILES string of the molecule is COC(=O)NC(CO)C(=O)C(C)(C)C. The zero-order valence-electron chi connectivity index (χ0n) is 8.96. The summed E-state index contributed by atoms with van der Waals surface area (Å²) >= 11 is 0. The number of rotatable bonds is 3. The Bertz CT molecular complexity index is 219. The van der Waals surface area contributed by atoms with Crippen molar-refractivity contribution in [2.24, 2.45) is 5.41 Å². The van der Waals surface area contributed by atoms with Crippen LogP contribution in [0.25, 0.3) is 0 Å². The largest absolute Gasteiger partial charge is 0.453 e. The van der Waals surface area contributed by atoms with E-state index in [4.69, 9.17) is 5.11 Å². The second-order valence-electron chi connectivity index (χ2n) is 3.99. The third-order valence-corrected chi connectivity index (χ3v) is 1.72. The van der Waals surface area contributed by atoms with Gasteiger partial charge >= 0.3 is 6.09 Å². The highest BCUT2D eigenvalue weighted by Gasteiger charge is 2.30. The summed E-state index contributed by atoms with van der Waals surface area (Å²) in [5.41, 5.74) is -0.603. The normalized spacial score (nSPS) is 13.2.